The van der Waals surface area contributed by atoms with Crippen LogP contribution in [0, 0.1) is 0 Å². The van der Waals surface area contributed by atoms with Crippen LogP contribution >= 0.6 is 0 Å². The standard InChI is InChI=1S/C16H22N2O3/c1-3-9-17-14-11-15(19)18(16(14)20)12-5-7-13(8-6-12)21-10-4-2/h5-8,14,17H,3-4,9-11H2,1-2H3/t14-/m1/s1. The lowest BCUT2D eigenvalue weighted by Gasteiger charge is -2.16. The van der Waals surface area contributed by atoms with Crippen LogP contribution in [0.5, 0.6) is 5.75 Å². The zero-order valence-corrected chi connectivity index (χ0v) is 12.6. The highest BCUT2D eigenvalue weighted by molar-refractivity contribution is 6.22. The SMILES string of the molecule is CCCN[C@@H]1CC(=O)N(c2ccc(OCCC)cc2)C1=O. The van der Waals surface area contributed by atoms with Gasteiger partial charge in [0.05, 0.1) is 24.8 Å². The molecule has 0 unspecified atom stereocenters. The van der Waals surface area contributed by atoms with E-state index in [4.69, 9.17) is 4.74 Å². The van der Waals surface area contributed by atoms with Gasteiger partial charge in [0.15, 0.2) is 0 Å². The van der Waals surface area contributed by atoms with Crippen molar-refractivity contribution < 1.29 is 14.3 Å². The number of carbonyl (C=O) groups excluding carboxylic acids is 2. The number of hydrogen-bond donors (Lipinski definition) is 1. The molecule has 0 saturated carbocycles. The highest BCUT2D eigenvalue weighted by atomic mass is 16.5. The molecule has 5 nitrogen and oxygen atoms in total. The minimum atomic E-state index is -0.395. The van der Waals surface area contributed by atoms with Crippen LogP contribution in [-0.2, 0) is 9.59 Å². The minimum absolute atomic E-state index is 0.157. The second-order valence-electron chi connectivity index (χ2n) is 5.12. The van der Waals surface area contributed by atoms with E-state index in [-0.39, 0.29) is 18.2 Å². The first-order chi connectivity index (χ1) is 10.2. The van der Waals surface area contributed by atoms with Gasteiger partial charge >= 0.3 is 0 Å². The lowest BCUT2D eigenvalue weighted by atomic mass is 10.2. The quantitative estimate of drug-likeness (QED) is 0.781. The smallest absolute Gasteiger partial charge is 0.251 e. The second-order valence-corrected chi connectivity index (χ2v) is 5.12. The van der Waals surface area contributed by atoms with Gasteiger partial charge in [0, 0.05) is 0 Å². The molecule has 0 aromatic heterocycles. The van der Waals surface area contributed by atoms with E-state index in [1.54, 1.807) is 24.3 Å². The van der Waals surface area contributed by atoms with E-state index in [1.807, 2.05) is 13.8 Å². The van der Waals surface area contributed by atoms with Crippen LogP contribution in [0.1, 0.15) is 33.1 Å². The predicted molar refractivity (Wildman–Crippen MR) is 81.4 cm³/mol. The molecular weight excluding hydrogens is 268 g/mol. The molecule has 0 spiro atoms. The average molecular weight is 290 g/mol. The van der Waals surface area contributed by atoms with Crippen LogP contribution in [0.3, 0.4) is 0 Å². The van der Waals surface area contributed by atoms with Gasteiger partial charge < -0.3 is 10.1 Å². The number of nitrogens with zero attached hydrogens (tertiary/aromatic N) is 1. The van der Waals surface area contributed by atoms with E-state index in [9.17, 15) is 9.59 Å². The summed E-state index contributed by atoms with van der Waals surface area (Å²) < 4.78 is 5.50. The molecular formula is C16H22N2O3. The Labute approximate surface area is 125 Å². The van der Waals surface area contributed by atoms with E-state index in [0.29, 0.717) is 12.3 Å². The highest BCUT2D eigenvalue weighted by Crippen LogP contribution is 2.25. The summed E-state index contributed by atoms with van der Waals surface area (Å²) >= 11 is 0. The van der Waals surface area contributed by atoms with Crippen LogP contribution < -0.4 is 15.0 Å². The van der Waals surface area contributed by atoms with Crippen LogP contribution in [0.25, 0.3) is 0 Å². The van der Waals surface area contributed by atoms with Gasteiger partial charge in [-0.25, -0.2) is 4.90 Å². The molecule has 1 aliphatic rings. The van der Waals surface area contributed by atoms with Gasteiger partial charge in [-0.05, 0) is 43.7 Å². The lowest BCUT2D eigenvalue weighted by Crippen LogP contribution is -2.39. The number of amides is 2. The molecule has 1 heterocycles. The Bertz CT molecular complexity index is 499. The maximum atomic E-state index is 12.3. The molecule has 1 atom stereocenters. The van der Waals surface area contributed by atoms with Gasteiger partial charge in [-0.15, -0.1) is 0 Å². The summed E-state index contributed by atoms with van der Waals surface area (Å²) in [6, 6.07) is 6.69. The monoisotopic (exact) mass is 290 g/mol. The molecule has 114 valence electrons. The Morgan fingerprint density at radius 2 is 1.90 bits per heavy atom. The van der Waals surface area contributed by atoms with E-state index in [1.165, 1.54) is 4.90 Å². The fraction of sp³-hybridized carbons (Fsp3) is 0.500. The average Bonchev–Trinajstić information content (AvgIpc) is 2.78. The third-order valence-corrected chi connectivity index (χ3v) is 3.36. The Balaban J connectivity index is 2.06. The van der Waals surface area contributed by atoms with Gasteiger partial charge in [0.1, 0.15) is 5.75 Å². The maximum absolute atomic E-state index is 12.3. The van der Waals surface area contributed by atoms with Gasteiger partial charge in [0.2, 0.25) is 5.91 Å². The van der Waals surface area contributed by atoms with Crippen molar-refractivity contribution in [3.05, 3.63) is 24.3 Å². The normalized spacial score (nSPS) is 18.4. The number of benzene rings is 1. The first kappa shape index (κ1) is 15.5. The van der Waals surface area contributed by atoms with Crippen LogP contribution in [-0.4, -0.2) is 31.0 Å². The van der Waals surface area contributed by atoms with Crippen molar-refractivity contribution in [2.75, 3.05) is 18.1 Å². The molecule has 2 amide bonds. The Kier molecular flexibility index (Phi) is 5.33. The first-order valence-electron chi connectivity index (χ1n) is 7.50. The zero-order valence-electron chi connectivity index (χ0n) is 12.6. The number of anilines is 1. The van der Waals surface area contributed by atoms with Crippen LogP contribution in [0.4, 0.5) is 5.69 Å². The van der Waals surface area contributed by atoms with E-state index in [0.717, 1.165) is 25.1 Å². The van der Waals surface area contributed by atoms with Gasteiger partial charge in [-0.3, -0.25) is 9.59 Å². The van der Waals surface area contributed by atoms with Gasteiger partial charge in [-0.1, -0.05) is 13.8 Å². The summed E-state index contributed by atoms with van der Waals surface area (Å²) in [5, 5.41) is 3.11. The van der Waals surface area contributed by atoms with Crippen LogP contribution in [0.15, 0.2) is 24.3 Å². The minimum Gasteiger partial charge on any atom is -0.494 e. The Morgan fingerprint density at radius 1 is 1.19 bits per heavy atom. The molecule has 21 heavy (non-hydrogen) atoms. The van der Waals surface area contributed by atoms with Crippen molar-refractivity contribution in [3.8, 4) is 5.75 Å². The molecule has 1 N–H and O–H groups in total. The van der Waals surface area contributed by atoms with Crippen molar-refractivity contribution in [1.29, 1.82) is 0 Å². The maximum Gasteiger partial charge on any atom is 0.251 e. The Hall–Kier alpha value is -1.88. The third kappa shape index (κ3) is 3.61. The van der Waals surface area contributed by atoms with Crippen molar-refractivity contribution in [1.82, 2.24) is 5.32 Å². The number of nitrogens with one attached hydrogen (secondary N) is 1. The largest absolute Gasteiger partial charge is 0.494 e. The van der Waals surface area contributed by atoms with Crippen molar-refractivity contribution in [3.63, 3.8) is 0 Å². The number of hydrogen-bond acceptors (Lipinski definition) is 4. The third-order valence-electron chi connectivity index (χ3n) is 3.36. The molecule has 0 bridgehead atoms. The molecule has 5 heteroatoms. The molecule has 1 saturated heterocycles. The summed E-state index contributed by atoms with van der Waals surface area (Å²) in [7, 11) is 0. The number of carbonyl (C=O) groups is 2. The summed E-state index contributed by atoms with van der Waals surface area (Å²) in [4.78, 5) is 25.6. The Morgan fingerprint density at radius 3 is 2.52 bits per heavy atom. The number of ether oxygens (including phenoxy) is 1. The molecule has 1 aliphatic heterocycles. The van der Waals surface area contributed by atoms with Crippen molar-refractivity contribution in [2.24, 2.45) is 0 Å². The fourth-order valence-corrected chi connectivity index (χ4v) is 2.29. The lowest BCUT2D eigenvalue weighted by molar-refractivity contribution is -0.121. The van der Waals surface area contributed by atoms with E-state index >= 15 is 0 Å². The molecule has 0 aliphatic carbocycles. The summed E-state index contributed by atoms with van der Waals surface area (Å²) in [6.07, 6.45) is 2.10. The second kappa shape index (κ2) is 7.22. The van der Waals surface area contributed by atoms with Crippen LogP contribution in [0.2, 0.25) is 0 Å². The van der Waals surface area contributed by atoms with Gasteiger partial charge in [0.25, 0.3) is 5.91 Å². The predicted octanol–water partition coefficient (Wildman–Crippen LogP) is 2.11. The summed E-state index contributed by atoms with van der Waals surface area (Å²) in [6.45, 7) is 5.46. The first-order valence-corrected chi connectivity index (χ1v) is 7.50. The van der Waals surface area contributed by atoms with E-state index < -0.39 is 6.04 Å². The highest BCUT2D eigenvalue weighted by Gasteiger charge is 2.38. The summed E-state index contributed by atoms with van der Waals surface area (Å²) in [5.74, 6) is 0.423. The number of rotatable bonds is 7. The van der Waals surface area contributed by atoms with Crippen molar-refractivity contribution >= 4 is 17.5 Å². The topological polar surface area (TPSA) is 58.6 Å². The van der Waals surface area contributed by atoms with Crippen molar-refractivity contribution in [2.45, 2.75) is 39.2 Å². The number of imide groups is 1. The molecule has 0 radical (unpaired) electrons. The zero-order chi connectivity index (χ0) is 15.2. The molecule has 1 aromatic rings. The van der Waals surface area contributed by atoms with E-state index in [2.05, 4.69) is 5.32 Å². The molecule has 1 aromatic carbocycles. The molecule has 2 rings (SSSR count). The summed E-state index contributed by atoms with van der Waals surface area (Å²) in [5.41, 5.74) is 0.606. The molecule has 1 fully saturated rings. The fourth-order valence-electron chi connectivity index (χ4n) is 2.29. The van der Waals surface area contributed by atoms with Gasteiger partial charge in [-0.2, -0.15) is 0 Å².